The molecule has 2 N–H and O–H groups in total. The van der Waals surface area contributed by atoms with Crippen molar-refractivity contribution in [2.45, 2.75) is 19.4 Å². The molecule has 0 saturated heterocycles. The minimum absolute atomic E-state index is 0.00827. The summed E-state index contributed by atoms with van der Waals surface area (Å²) in [5, 5.41) is 5.46. The van der Waals surface area contributed by atoms with Gasteiger partial charge in [0.15, 0.2) is 0 Å². The standard InChI is InChI=1S/C17H16ClFN2O2/c1-11(22)20-16(12-5-3-2-4-6-12)10-17(23)21-15-8-7-13(18)9-14(15)19/h2-9,16H,10H2,1H3,(H,20,22)(H,21,23). The number of hydrogen-bond donors (Lipinski definition) is 2. The summed E-state index contributed by atoms with van der Waals surface area (Å²) in [7, 11) is 0. The van der Waals surface area contributed by atoms with E-state index in [0.717, 1.165) is 11.6 Å². The maximum absolute atomic E-state index is 13.7. The summed E-state index contributed by atoms with van der Waals surface area (Å²) in [6.07, 6.45) is -0.00827. The molecular weight excluding hydrogens is 319 g/mol. The summed E-state index contributed by atoms with van der Waals surface area (Å²) in [6.45, 7) is 1.38. The molecular formula is C17H16ClFN2O2. The fraction of sp³-hybridized carbons (Fsp3) is 0.176. The van der Waals surface area contributed by atoms with E-state index < -0.39 is 17.8 Å². The second-order valence-corrected chi connectivity index (χ2v) is 5.48. The highest BCUT2D eigenvalue weighted by atomic mass is 35.5. The molecule has 4 nitrogen and oxygen atoms in total. The van der Waals surface area contributed by atoms with Crippen LogP contribution < -0.4 is 10.6 Å². The normalized spacial score (nSPS) is 11.6. The maximum atomic E-state index is 13.7. The minimum Gasteiger partial charge on any atom is -0.349 e. The summed E-state index contributed by atoms with van der Waals surface area (Å²) in [6, 6.07) is 12.6. The SMILES string of the molecule is CC(=O)NC(CC(=O)Nc1ccc(Cl)cc1F)c1ccccc1. The van der Waals surface area contributed by atoms with Crippen molar-refractivity contribution in [3.8, 4) is 0 Å². The summed E-state index contributed by atoms with van der Waals surface area (Å²) >= 11 is 5.67. The van der Waals surface area contributed by atoms with E-state index in [4.69, 9.17) is 11.6 Å². The van der Waals surface area contributed by atoms with Crippen molar-refractivity contribution in [3.05, 3.63) is 64.9 Å². The highest BCUT2D eigenvalue weighted by Gasteiger charge is 2.17. The van der Waals surface area contributed by atoms with Gasteiger partial charge in [-0.05, 0) is 23.8 Å². The molecule has 0 aliphatic heterocycles. The van der Waals surface area contributed by atoms with E-state index in [2.05, 4.69) is 10.6 Å². The van der Waals surface area contributed by atoms with Gasteiger partial charge in [-0.15, -0.1) is 0 Å². The fourth-order valence-corrected chi connectivity index (χ4v) is 2.32. The molecule has 1 atom stereocenters. The molecule has 2 aromatic carbocycles. The van der Waals surface area contributed by atoms with Crippen LogP contribution in [0, 0.1) is 5.82 Å². The van der Waals surface area contributed by atoms with Gasteiger partial charge in [0.2, 0.25) is 11.8 Å². The summed E-state index contributed by atoms with van der Waals surface area (Å²) in [4.78, 5) is 23.5. The van der Waals surface area contributed by atoms with Crippen LogP contribution >= 0.6 is 11.6 Å². The third-order valence-electron chi connectivity index (χ3n) is 3.17. The molecule has 0 aliphatic rings. The summed E-state index contributed by atoms with van der Waals surface area (Å²) < 4.78 is 13.7. The molecule has 2 aromatic rings. The molecule has 23 heavy (non-hydrogen) atoms. The summed E-state index contributed by atoms with van der Waals surface area (Å²) in [5.74, 6) is -1.26. The van der Waals surface area contributed by atoms with Crippen molar-refractivity contribution >= 4 is 29.1 Å². The Labute approximate surface area is 138 Å². The van der Waals surface area contributed by atoms with Crippen LogP contribution in [0.4, 0.5) is 10.1 Å². The first-order valence-corrected chi connectivity index (χ1v) is 7.40. The van der Waals surface area contributed by atoms with Gasteiger partial charge in [-0.2, -0.15) is 0 Å². The molecule has 0 aliphatic carbocycles. The zero-order valence-corrected chi connectivity index (χ0v) is 13.2. The lowest BCUT2D eigenvalue weighted by Crippen LogP contribution is -2.29. The van der Waals surface area contributed by atoms with Gasteiger partial charge < -0.3 is 10.6 Å². The van der Waals surface area contributed by atoms with E-state index in [9.17, 15) is 14.0 Å². The third kappa shape index (κ3) is 5.07. The van der Waals surface area contributed by atoms with Gasteiger partial charge in [0.05, 0.1) is 18.2 Å². The molecule has 120 valence electrons. The quantitative estimate of drug-likeness (QED) is 0.876. The predicted octanol–water partition coefficient (Wildman–Crippen LogP) is 3.69. The van der Waals surface area contributed by atoms with Crippen molar-refractivity contribution in [2.24, 2.45) is 0 Å². The Morgan fingerprint density at radius 1 is 1.17 bits per heavy atom. The molecule has 0 aromatic heterocycles. The van der Waals surface area contributed by atoms with Crippen LogP contribution in [0.15, 0.2) is 48.5 Å². The molecule has 0 saturated carbocycles. The molecule has 6 heteroatoms. The fourth-order valence-electron chi connectivity index (χ4n) is 2.16. The van der Waals surface area contributed by atoms with Gasteiger partial charge in [-0.3, -0.25) is 9.59 Å². The van der Waals surface area contributed by atoms with Gasteiger partial charge in [0.1, 0.15) is 5.82 Å². The van der Waals surface area contributed by atoms with Crippen molar-refractivity contribution in [2.75, 3.05) is 5.32 Å². The van der Waals surface area contributed by atoms with Crippen LogP contribution in [0.2, 0.25) is 5.02 Å². The van der Waals surface area contributed by atoms with Gasteiger partial charge >= 0.3 is 0 Å². The topological polar surface area (TPSA) is 58.2 Å². The van der Waals surface area contributed by atoms with Gasteiger partial charge in [-0.1, -0.05) is 41.9 Å². The Morgan fingerprint density at radius 3 is 2.48 bits per heavy atom. The van der Waals surface area contributed by atoms with Gasteiger partial charge in [0.25, 0.3) is 0 Å². The predicted molar refractivity (Wildman–Crippen MR) is 87.7 cm³/mol. The van der Waals surface area contributed by atoms with Gasteiger partial charge in [-0.25, -0.2) is 4.39 Å². The highest BCUT2D eigenvalue weighted by molar-refractivity contribution is 6.30. The number of amides is 2. The van der Waals surface area contributed by atoms with Crippen molar-refractivity contribution in [3.63, 3.8) is 0 Å². The van der Waals surface area contributed by atoms with Crippen LogP contribution in [-0.2, 0) is 9.59 Å². The molecule has 0 fully saturated rings. The smallest absolute Gasteiger partial charge is 0.226 e. The average Bonchev–Trinajstić information content (AvgIpc) is 2.50. The number of hydrogen-bond acceptors (Lipinski definition) is 2. The molecule has 0 spiro atoms. The Bertz CT molecular complexity index is 707. The number of carbonyl (C=O) groups excluding carboxylic acids is 2. The Kier molecular flexibility index (Phi) is 5.71. The number of benzene rings is 2. The van der Waals surface area contributed by atoms with Crippen LogP contribution in [0.25, 0.3) is 0 Å². The molecule has 0 bridgehead atoms. The number of carbonyl (C=O) groups is 2. The van der Waals surface area contributed by atoms with Crippen LogP contribution in [0.1, 0.15) is 24.9 Å². The van der Waals surface area contributed by atoms with E-state index in [1.54, 1.807) is 0 Å². The third-order valence-corrected chi connectivity index (χ3v) is 3.41. The zero-order chi connectivity index (χ0) is 16.8. The lowest BCUT2D eigenvalue weighted by atomic mass is 10.0. The van der Waals surface area contributed by atoms with Crippen LogP contribution in [0.3, 0.4) is 0 Å². The Morgan fingerprint density at radius 2 is 1.87 bits per heavy atom. The first-order chi connectivity index (χ1) is 11.0. The number of halogens is 2. The zero-order valence-electron chi connectivity index (χ0n) is 12.5. The van der Waals surface area contributed by atoms with Crippen LogP contribution in [-0.4, -0.2) is 11.8 Å². The monoisotopic (exact) mass is 334 g/mol. The molecule has 1 unspecified atom stereocenters. The van der Waals surface area contributed by atoms with Crippen molar-refractivity contribution < 1.29 is 14.0 Å². The summed E-state index contributed by atoms with van der Waals surface area (Å²) in [5.41, 5.74) is 0.850. The van der Waals surface area contributed by atoms with Gasteiger partial charge in [0, 0.05) is 11.9 Å². The number of nitrogens with one attached hydrogen (secondary N) is 2. The average molecular weight is 335 g/mol. The first-order valence-electron chi connectivity index (χ1n) is 7.02. The lowest BCUT2D eigenvalue weighted by molar-refractivity contribution is -0.120. The van der Waals surface area contributed by atoms with E-state index in [-0.39, 0.29) is 23.0 Å². The van der Waals surface area contributed by atoms with Crippen LogP contribution in [0.5, 0.6) is 0 Å². The second-order valence-electron chi connectivity index (χ2n) is 5.04. The Hall–Kier alpha value is -2.40. The molecule has 0 heterocycles. The molecule has 0 radical (unpaired) electrons. The Balaban J connectivity index is 2.09. The van der Waals surface area contributed by atoms with Crippen molar-refractivity contribution in [1.82, 2.24) is 5.32 Å². The van der Waals surface area contributed by atoms with E-state index in [1.165, 1.54) is 19.1 Å². The second kappa shape index (κ2) is 7.74. The molecule has 2 rings (SSSR count). The minimum atomic E-state index is -0.610. The van der Waals surface area contributed by atoms with E-state index in [1.807, 2.05) is 30.3 Å². The maximum Gasteiger partial charge on any atom is 0.226 e. The highest BCUT2D eigenvalue weighted by Crippen LogP contribution is 2.21. The lowest BCUT2D eigenvalue weighted by Gasteiger charge is -2.18. The van der Waals surface area contributed by atoms with E-state index in [0.29, 0.717) is 0 Å². The number of rotatable bonds is 5. The molecule has 2 amide bonds. The largest absolute Gasteiger partial charge is 0.349 e. The van der Waals surface area contributed by atoms with Crippen molar-refractivity contribution in [1.29, 1.82) is 0 Å². The first kappa shape index (κ1) is 17.0. The van der Waals surface area contributed by atoms with E-state index >= 15 is 0 Å². The number of anilines is 1.